The van der Waals surface area contributed by atoms with Crippen LogP contribution in [-0.4, -0.2) is 22.1 Å². The summed E-state index contributed by atoms with van der Waals surface area (Å²) in [6, 6.07) is 7.50. The van der Waals surface area contributed by atoms with Crippen LogP contribution >= 0.6 is 11.8 Å². The van der Waals surface area contributed by atoms with Crippen molar-refractivity contribution in [1.82, 2.24) is 15.0 Å². The second kappa shape index (κ2) is 7.12. The van der Waals surface area contributed by atoms with Crippen molar-refractivity contribution in [3.63, 3.8) is 0 Å². The number of rotatable bonds is 6. The zero-order chi connectivity index (χ0) is 14.4. The third kappa shape index (κ3) is 3.85. The third-order valence-electron chi connectivity index (χ3n) is 2.64. The molecule has 0 aliphatic rings. The molecular weight excluding hydrogens is 274 g/mol. The van der Waals surface area contributed by atoms with E-state index in [1.54, 1.807) is 24.0 Å². The van der Waals surface area contributed by atoms with Crippen LogP contribution in [0.2, 0.25) is 0 Å². The number of benzene rings is 1. The highest BCUT2D eigenvalue weighted by atomic mass is 32.2. The molecule has 0 aliphatic heterocycles. The van der Waals surface area contributed by atoms with Crippen LogP contribution in [0.4, 0.5) is 0 Å². The summed E-state index contributed by atoms with van der Waals surface area (Å²) in [4.78, 5) is 20.9. The molecular formula is C14H17N3O2S. The van der Waals surface area contributed by atoms with E-state index in [4.69, 9.17) is 4.84 Å². The van der Waals surface area contributed by atoms with Crippen molar-refractivity contribution >= 4 is 17.7 Å². The molecule has 0 fully saturated rings. The van der Waals surface area contributed by atoms with Crippen molar-refractivity contribution in [2.45, 2.75) is 17.8 Å². The van der Waals surface area contributed by atoms with Crippen LogP contribution in [-0.2, 0) is 17.6 Å². The molecule has 5 nitrogen and oxygen atoms in total. The van der Waals surface area contributed by atoms with Crippen LogP contribution in [0.3, 0.4) is 0 Å². The van der Waals surface area contributed by atoms with Crippen molar-refractivity contribution in [1.29, 1.82) is 0 Å². The van der Waals surface area contributed by atoms with E-state index in [1.807, 2.05) is 42.9 Å². The van der Waals surface area contributed by atoms with Gasteiger partial charge in [-0.05, 0) is 24.6 Å². The lowest BCUT2D eigenvalue weighted by atomic mass is 10.1. The van der Waals surface area contributed by atoms with Crippen LogP contribution in [0.5, 0.6) is 0 Å². The summed E-state index contributed by atoms with van der Waals surface area (Å²) in [6.07, 6.45) is 3.68. The Morgan fingerprint density at radius 3 is 3.05 bits per heavy atom. The fourth-order valence-electron chi connectivity index (χ4n) is 1.64. The first-order valence-corrected chi connectivity index (χ1v) is 7.30. The van der Waals surface area contributed by atoms with Crippen LogP contribution < -0.4 is 5.48 Å². The molecule has 0 unspecified atom stereocenters. The van der Waals surface area contributed by atoms with Gasteiger partial charge in [0.25, 0.3) is 5.91 Å². The fraction of sp³-hybridized carbons (Fsp3) is 0.286. The van der Waals surface area contributed by atoms with E-state index in [1.165, 1.54) is 0 Å². The van der Waals surface area contributed by atoms with Gasteiger partial charge in [-0.1, -0.05) is 23.9 Å². The molecule has 20 heavy (non-hydrogen) atoms. The smallest absolute Gasteiger partial charge is 0.274 e. The Hall–Kier alpha value is -1.79. The molecule has 1 heterocycles. The minimum atomic E-state index is -0.226. The van der Waals surface area contributed by atoms with Gasteiger partial charge in [-0.25, -0.2) is 10.5 Å². The predicted molar refractivity (Wildman–Crippen MR) is 78.3 cm³/mol. The maximum atomic E-state index is 11.8. The normalized spacial score (nSPS) is 10.5. The van der Waals surface area contributed by atoms with Gasteiger partial charge in [0, 0.05) is 30.8 Å². The highest BCUT2D eigenvalue weighted by molar-refractivity contribution is 7.98. The zero-order valence-electron chi connectivity index (χ0n) is 11.5. The minimum Gasteiger partial charge on any atom is -0.329 e. The molecule has 0 atom stereocenters. The summed E-state index contributed by atoms with van der Waals surface area (Å²) in [5.74, 6) is 0.538. The summed E-state index contributed by atoms with van der Waals surface area (Å²) in [6.45, 7) is 2.26. The first-order chi connectivity index (χ1) is 9.70. The molecule has 2 aromatic rings. The van der Waals surface area contributed by atoms with E-state index < -0.39 is 0 Å². The topological polar surface area (TPSA) is 56.1 Å². The van der Waals surface area contributed by atoms with Gasteiger partial charge in [0.1, 0.15) is 0 Å². The Morgan fingerprint density at radius 2 is 2.35 bits per heavy atom. The average Bonchev–Trinajstić information content (AvgIpc) is 2.88. The summed E-state index contributed by atoms with van der Waals surface area (Å²) in [7, 11) is 1.96. The Balaban J connectivity index is 1.99. The molecule has 0 bridgehead atoms. The lowest BCUT2D eigenvalue weighted by Gasteiger charge is -2.06. The van der Waals surface area contributed by atoms with Gasteiger partial charge in [-0.2, -0.15) is 0 Å². The highest BCUT2D eigenvalue weighted by Crippen LogP contribution is 2.20. The number of carbonyl (C=O) groups excluding carboxylic acids is 1. The molecule has 106 valence electrons. The Labute approximate surface area is 122 Å². The standard InChI is InChI=1S/C14H17N3O2S/c1-3-19-16-13(18)12-6-4-5-11(9-12)10-20-14-15-7-8-17(14)2/h4-9H,3,10H2,1-2H3,(H,16,18). The van der Waals surface area contributed by atoms with Crippen molar-refractivity contribution in [2.75, 3.05) is 6.61 Å². The highest BCUT2D eigenvalue weighted by Gasteiger charge is 2.07. The van der Waals surface area contributed by atoms with Crippen LogP contribution in [0, 0.1) is 0 Å². The number of thioether (sulfide) groups is 1. The lowest BCUT2D eigenvalue weighted by molar-refractivity contribution is 0.0364. The first kappa shape index (κ1) is 14.6. The van der Waals surface area contributed by atoms with E-state index in [2.05, 4.69) is 10.5 Å². The molecule has 0 saturated carbocycles. The maximum Gasteiger partial charge on any atom is 0.274 e. The number of hydrogen-bond acceptors (Lipinski definition) is 4. The van der Waals surface area contributed by atoms with Crippen LogP contribution in [0.15, 0.2) is 41.8 Å². The van der Waals surface area contributed by atoms with Gasteiger partial charge in [-0.3, -0.25) is 9.63 Å². The SMILES string of the molecule is CCONC(=O)c1cccc(CSc2nccn2C)c1. The van der Waals surface area contributed by atoms with Crippen LogP contribution in [0.25, 0.3) is 0 Å². The quantitative estimate of drug-likeness (QED) is 0.656. The van der Waals surface area contributed by atoms with Gasteiger partial charge < -0.3 is 4.57 Å². The third-order valence-corrected chi connectivity index (χ3v) is 3.77. The van der Waals surface area contributed by atoms with Crippen molar-refractivity contribution in [2.24, 2.45) is 7.05 Å². The Bertz CT molecular complexity index is 583. The van der Waals surface area contributed by atoms with Gasteiger partial charge >= 0.3 is 0 Å². The minimum absolute atomic E-state index is 0.226. The van der Waals surface area contributed by atoms with Crippen molar-refractivity contribution < 1.29 is 9.63 Å². The van der Waals surface area contributed by atoms with E-state index in [-0.39, 0.29) is 5.91 Å². The average molecular weight is 291 g/mol. The molecule has 1 aromatic carbocycles. The number of carbonyl (C=O) groups is 1. The monoisotopic (exact) mass is 291 g/mol. The number of imidazole rings is 1. The lowest BCUT2D eigenvalue weighted by Crippen LogP contribution is -2.23. The Morgan fingerprint density at radius 1 is 1.50 bits per heavy atom. The number of aryl methyl sites for hydroxylation is 1. The molecule has 0 radical (unpaired) electrons. The van der Waals surface area contributed by atoms with Gasteiger partial charge in [0.2, 0.25) is 0 Å². The summed E-state index contributed by atoms with van der Waals surface area (Å²) in [5.41, 5.74) is 4.06. The maximum absolute atomic E-state index is 11.8. The van der Waals surface area contributed by atoms with Crippen LogP contribution in [0.1, 0.15) is 22.8 Å². The Kier molecular flexibility index (Phi) is 5.20. The summed E-state index contributed by atoms with van der Waals surface area (Å²) >= 11 is 1.63. The molecule has 1 N–H and O–H groups in total. The molecule has 2 rings (SSSR count). The molecule has 6 heteroatoms. The van der Waals surface area contributed by atoms with Gasteiger partial charge in [-0.15, -0.1) is 0 Å². The summed E-state index contributed by atoms with van der Waals surface area (Å²) < 4.78 is 1.97. The number of nitrogens with zero attached hydrogens (tertiary/aromatic N) is 2. The molecule has 0 saturated heterocycles. The number of hydrogen-bond donors (Lipinski definition) is 1. The fourth-order valence-corrected chi connectivity index (χ4v) is 2.51. The molecule has 0 aliphatic carbocycles. The number of hydroxylamine groups is 1. The zero-order valence-corrected chi connectivity index (χ0v) is 12.3. The van der Waals surface area contributed by atoms with Gasteiger partial charge in [0.15, 0.2) is 5.16 Å². The number of aromatic nitrogens is 2. The predicted octanol–water partition coefficient (Wildman–Crippen LogP) is 2.39. The second-order valence-corrected chi connectivity index (χ2v) is 5.12. The van der Waals surface area contributed by atoms with Crippen molar-refractivity contribution in [3.05, 3.63) is 47.8 Å². The largest absolute Gasteiger partial charge is 0.329 e. The molecule has 0 spiro atoms. The first-order valence-electron chi connectivity index (χ1n) is 6.32. The van der Waals surface area contributed by atoms with Gasteiger partial charge in [0.05, 0.1) is 6.61 Å². The number of amides is 1. The summed E-state index contributed by atoms with van der Waals surface area (Å²) in [5, 5.41) is 0.953. The van der Waals surface area contributed by atoms with E-state index >= 15 is 0 Å². The molecule has 1 amide bonds. The van der Waals surface area contributed by atoms with E-state index in [0.29, 0.717) is 12.2 Å². The second-order valence-electron chi connectivity index (χ2n) is 4.17. The van der Waals surface area contributed by atoms with Crippen molar-refractivity contribution in [3.8, 4) is 0 Å². The molecule has 1 aromatic heterocycles. The number of nitrogens with one attached hydrogen (secondary N) is 1. The van der Waals surface area contributed by atoms with E-state index in [0.717, 1.165) is 16.5 Å². The van der Waals surface area contributed by atoms with E-state index in [9.17, 15) is 4.79 Å².